The van der Waals surface area contributed by atoms with Crippen LogP contribution in [-0.2, 0) is 16.3 Å². The normalized spacial score (nSPS) is 13.7. The minimum atomic E-state index is -3.70. The van der Waals surface area contributed by atoms with E-state index in [4.69, 9.17) is 0 Å². The summed E-state index contributed by atoms with van der Waals surface area (Å²) in [6.07, 6.45) is 1.93. The second-order valence-electron chi connectivity index (χ2n) is 5.82. The zero-order valence-electron chi connectivity index (χ0n) is 13.3. The Labute approximate surface area is 140 Å². The van der Waals surface area contributed by atoms with Crippen LogP contribution in [0, 0.1) is 10.1 Å². The summed E-state index contributed by atoms with van der Waals surface area (Å²) in [6, 6.07) is 9.98. The third-order valence-electron chi connectivity index (χ3n) is 4.07. The quantitative estimate of drug-likeness (QED) is 0.675. The summed E-state index contributed by atoms with van der Waals surface area (Å²) in [5, 5.41) is 14.4. The fourth-order valence-electron chi connectivity index (χ4n) is 2.88. The maximum absolute atomic E-state index is 11.8. The second-order valence-corrected chi connectivity index (χ2v) is 7.81. The Balaban J connectivity index is 2.05. The molecule has 1 aliphatic rings. The number of hydrogen-bond donors (Lipinski definition) is 1. The summed E-state index contributed by atoms with van der Waals surface area (Å²) >= 11 is 0. The van der Waals surface area contributed by atoms with Crippen molar-refractivity contribution in [2.24, 2.45) is 0 Å². The summed E-state index contributed by atoms with van der Waals surface area (Å²) in [7, 11) is -1.71. The maximum atomic E-state index is 11.8. The van der Waals surface area contributed by atoms with Crippen molar-refractivity contribution < 1.29 is 13.3 Å². The molecule has 0 atom stereocenters. The monoisotopic (exact) mass is 347 g/mol. The van der Waals surface area contributed by atoms with Crippen LogP contribution in [0.2, 0.25) is 0 Å². The Morgan fingerprint density at radius 2 is 2.00 bits per heavy atom. The number of likely N-dealkylation sites (N-methyl/N-ethyl adjacent to an activating group) is 1. The molecule has 0 aromatic heterocycles. The molecular formula is C16H17N3O4S. The number of nitro groups is 1. The zero-order chi connectivity index (χ0) is 17.5. The van der Waals surface area contributed by atoms with Crippen molar-refractivity contribution in [3.8, 4) is 0 Å². The van der Waals surface area contributed by atoms with Gasteiger partial charge in [0.25, 0.3) is 0 Å². The van der Waals surface area contributed by atoms with Crippen molar-refractivity contribution in [3.63, 3.8) is 0 Å². The Morgan fingerprint density at radius 1 is 1.25 bits per heavy atom. The largest absolute Gasteiger partial charge is 0.374 e. The molecule has 0 saturated carbocycles. The van der Waals surface area contributed by atoms with Gasteiger partial charge in [-0.25, -0.2) is 8.42 Å². The van der Waals surface area contributed by atoms with Gasteiger partial charge in [-0.15, -0.1) is 0 Å². The van der Waals surface area contributed by atoms with Crippen LogP contribution >= 0.6 is 0 Å². The number of benzene rings is 2. The maximum Gasteiger partial charge on any atom is 0.311 e. The highest BCUT2D eigenvalue weighted by Crippen LogP contribution is 2.36. The predicted octanol–water partition coefficient (Wildman–Crippen LogP) is 2.73. The lowest BCUT2D eigenvalue weighted by atomic mass is 10.1. The van der Waals surface area contributed by atoms with Crippen LogP contribution in [0.3, 0.4) is 0 Å². The Bertz CT molecular complexity index is 925. The highest BCUT2D eigenvalue weighted by atomic mass is 32.2. The van der Waals surface area contributed by atoms with Crippen LogP contribution in [0.5, 0.6) is 0 Å². The minimum absolute atomic E-state index is 0.156. The number of fused-ring (bicyclic) bond motifs is 1. The molecule has 7 nitrogen and oxygen atoms in total. The summed E-state index contributed by atoms with van der Waals surface area (Å²) in [5.41, 5.74) is 2.69. The molecule has 24 heavy (non-hydrogen) atoms. The van der Waals surface area contributed by atoms with E-state index in [1.54, 1.807) is 0 Å². The lowest BCUT2D eigenvalue weighted by Crippen LogP contribution is -2.12. The lowest BCUT2D eigenvalue weighted by Gasteiger charge is -2.14. The van der Waals surface area contributed by atoms with Crippen molar-refractivity contribution in [1.82, 2.24) is 0 Å². The fraction of sp³-hybridized carbons (Fsp3) is 0.250. The Morgan fingerprint density at radius 3 is 2.67 bits per heavy atom. The Hall–Kier alpha value is -2.61. The molecular weight excluding hydrogens is 330 g/mol. The fourth-order valence-corrected chi connectivity index (χ4v) is 3.74. The average Bonchev–Trinajstić information content (AvgIpc) is 2.87. The summed E-state index contributed by atoms with van der Waals surface area (Å²) in [5.74, 6) is 0. The number of rotatable bonds is 4. The van der Waals surface area contributed by atoms with Gasteiger partial charge < -0.3 is 10.2 Å². The van der Waals surface area contributed by atoms with Gasteiger partial charge in [-0.3, -0.25) is 10.1 Å². The first-order valence-electron chi connectivity index (χ1n) is 7.36. The molecule has 2 aromatic carbocycles. The van der Waals surface area contributed by atoms with Gasteiger partial charge in [0.2, 0.25) is 0 Å². The number of nitro benzene ring substituents is 1. The van der Waals surface area contributed by atoms with E-state index >= 15 is 0 Å². The molecule has 0 unspecified atom stereocenters. The molecule has 0 fully saturated rings. The highest BCUT2D eigenvalue weighted by Gasteiger charge is 2.26. The van der Waals surface area contributed by atoms with Gasteiger partial charge in [-0.05, 0) is 36.2 Å². The molecule has 8 heteroatoms. The van der Waals surface area contributed by atoms with Gasteiger partial charge in [-0.1, -0.05) is 12.1 Å². The molecule has 0 radical (unpaired) electrons. The van der Waals surface area contributed by atoms with E-state index in [-0.39, 0.29) is 10.6 Å². The SMILES string of the molecule is CN1CCc2ccc(Nc3cccc(S(C)(=O)=O)c3[N+](=O)[O-])cc21. The third kappa shape index (κ3) is 2.92. The van der Waals surface area contributed by atoms with Crippen LogP contribution in [0.25, 0.3) is 0 Å². The minimum Gasteiger partial charge on any atom is -0.374 e. The van der Waals surface area contributed by atoms with Gasteiger partial charge in [0.15, 0.2) is 9.84 Å². The molecule has 126 valence electrons. The summed E-state index contributed by atoms with van der Waals surface area (Å²) < 4.78 is 23.6. The average molecular weight is 347 g/mol. The number of nitrogens with zero attached hydrogens (tertiary/aromatic N) is 2. The zero-order valence-corrected chi connectivity index (χ0v) is 14.1. The lowest BCUT2D eigenvalue weighted by molar-refractivity contribution is -0.386. The van der Waals surface area contributed by atoms with Crippen molar-refractivity contribution in [1.29, 1.82) is 0 Å². The van der Waals surface area contributed by atoms with Gasteiger partial charge in [0.1, 0.15) is 10.6 Å². The van der Waals surface area contributed by atoms with E-state index < -0.39 is 20.4 Å². The first-order chi connectivity index (χ1) is 11.3. The summed E-state index contributed by atoms with van der Waals surface area (Å²) in [4.78, 5) is 12.6. The Kier molecular flexibility index (Phi) is 3.92. The van der Waals surface area contributed by atoms with E-state index in [0.717, 1.165) is 24.9 Å². The van der Waals surface area contributed by atoms with Crippen molar-refractivity contribution >= 4 is 32.6 Å². The van der Waals surface area contributed by atoms with Crippen molar-refractivity contribution in [2.45, 2.75) is 11.3 Å². The van der Waals surface area contributed by atoms with E-state index in [0.29, 0.717) is 5.69 Å². The van der Waals surface area contributed by atoms with Crippen LogP contribution in [0.15, 0.2) is 41.3 Å². The van der Waals surface area contributed by atoms with Gasteiger partial charge >= 0.3 is 5.69 Å². The number of anilines is 3. The smallest absolute Gasteiger partial charge is 0.311 e. The summed E-state index contributed by atoms with van der Waals surface area (Å²) in [6.45, 7) is 0.933. The van der Waals surface area contributed by atoms with Crippen LogP contribution < -0.4 is 10.2 Å². The first kappa shape index (κ1) is 16.3. The third-order valence-corrected chi connectivity index (χ3v) is 5.20. The molecule has 2 aromatic rings. The van der Waals surface area contributed by atoms with Gasteiger partial charge in [0.05, 0.1) is 4.92 Å². The van der Waals surface area contributed by atoms with Gasteiger partial charge in [-0.2, -0.15) is 0 Å². The first-order valence-corrected chi connectivity index (χ1v) is 9.25. The molecule has 3 rings (SSSR count). The van der Waals surface area contributed by atoms with Crippen LogP contribution in [0.1, 0.15) is 5.56 Å². The van der Waals surface area contributed by atoms with Crippen molar-refractivity contribution in [3.05, 3.63) is 52.1 Å². The second kappa shape index (κ2) is 5.79. The number of sulfone groups is 1. The molecule has 0 amide bonds. The van der Waals surface area contributed by atoms with Crippen molar-refractivity contribution in [2.75, 3.05) is 30.1 Å². The molecule has 0 aliphatic carbocycles. The molecule has 1 heterocycles. The molecule has 0 bridgehead atoms. The van der Waals surface area contributed by atoms with Crippen LogP contribution in [-0.4, -0.2) is 33.2 Å². The molecule has 1 aliphatic heterocycles. The molecule has 1 N–H and O–H groups in total. The predicted molar refractivity (Wildman–Crippen MR) is 92.9 cm³/mol. The standard InChI is InChI=1S/C16H17N3O4S/c1-18-9-8-11-6-7-12(10-14(11)18)17-13-4-3-5-15(24(2,22)23)16(13)19(20)21/h3-7,10,17H,8-9H2,1-2H3. The number of nitrogens with one attached hydrogen (secondary N) is 1. The highest BCUT2D eigenvalue weighted by molar-refractivity contribution is 7.90. The van der Waals surface area contributed by atoms with E-state index in [9.17, 15) is 18.5 Å². The van der Waals surface area contributed by atoms with E-state index in [2.05, 4.69) is 10.2 Å². The molecule has 0 spiro atoms. The van der Waals surface area contributed by atoms with Gasteiger partial charge in [0, 0.05) is 31.2 Å². The van der Waals surface area contributed by atoms with E-state index in [1.807, 2.05) is 25.2 Å². The van der Waals surface area contributed by atoms with E-state index in [1.165, 1.54) is 23.8 Å². The molecule has 0 saturated heterocycles. The topological polar surface area (TPSA) is 92.6 Å². The number of hydrogen-bond acceptors (Lipinski definition) is 6. The number of para-hydroxylation sites is 1. The van der Waals surface area contributed by atoms with Crippen LogP contribution in [0.4, 0.5) is 22.7 Å².